The van der Waals surface area contributed by atoms with Crippen LogP contribution in [-0.4, -0.2) is 9.97 Å². The zero-order valence-corrected chi connectivity index (χ0v) is 16.8. The van der Waals surface area contributed by atoms with E-state index in [0.29, 0.717) is 0 Å². The molecule has 0 N–H and O–H groups in total. The van der Waals surface area contributed by atoms with Gasteiger partial charge in [-0.15, -0.1) is 0 Å². The van der Waals surface area contributed by atoms with Gasteiger partial charge >= 0.3 is 0 Å². The van der Waals surface area contributed by atoms with Gasteiger partial charge in [-0.25, -0.2) is 9.97 Å². The van der Waals surface area contributed by atoms with Crippen LogP contribution in [0.25, 0.3) is 44.3 Å². The van der Waals surface area contributed by atoms with Gasteiger partial charge in [-0.3, -0.25) is 0 Å². The van der Waals surface area contributed by atoms with Gasteiger partial charge in [-0.2, -0.15) is 0 Å². The van der Waals surface area contributed by atoms with Gasteiger partial charge in [0.2, 0.25) is 0 Å². The molecule has 2 aromatic heterocycles. The summed E-state index contributed by atoms with van der Waals surface area (Å²) >= 11 is 0. The first kappa shape index (κ1) is 17.6. The molecule has 0 aliphatic rings. The smallest absolute Gasteiger partial charge is 0.143 e. The Kier molecular flexibility index (Phi) is 3.99. The Bertz CT molecular complexity index is 1340. The standard InChI is InChI=1S/C26H22N2O/c1-26(2,3)22-14-19(13-18-7-4-5-9-20(18)22)23-15-24(28-16-27-23)21-10-6-8-17-11-12-29-25(17)21/h4-16H,1-3H3. The van der Waals surface area contributed by atoms with Crippen molar-refractivity contribution >= 4 is 21.7 Å². The minimum absolute atomic E-state index is 0.0330. The Morgan fingerprint density at radius 3 is 2.41 bits per heavy atom. The third-order valence-corrected chi connectivity index (χ3v) is 5.39. The predicted octanol–water partition coefficient (Wildman–Crippen LogP) is 7.01. The molecule has 3 nitrogen and oxygen atoms in total. The minimum Gasteiger partial charge on any atom is -0.464 e. The van der Waals surface area contributed by atoms with Gasteiger partial charge in [0.1, 0.15) is 11.9 Å². The molecule has 0 saturated heterocycles. The van der Waals surface area contributed by atoms with E-state index < -0.39 is 0 Å². The van der Waals surface area contributed by atoms with Crippen molar-refractivity contribution in [2.75, 3.05) is 0 Å². The van der Waals surface area contributed by atoms with Gasteiger partial charge in [0.15, 0.2) is 0 Å². The summed E-state index contributed by atoms with van der Waals surface area (Å²) in [5.74, 6) is 0. The lowest BCUT2D eigenvalue weighted by Gasteiger charge is -2.22. The van der Waals surface area contributed by atoms with Crippen molar-refractivity contribution < 1.29 is 4.42 Å². The summed E-state index contributed by atoms with van der Waals surface area (Å²) in [5.41, 5.74) is 6.06. The van der Waals surface area contributed by atoms with Gasteiger partial charge in [0, 0.05) is 16.5 Å². The number of rotatable bonds is 2. The Morgan fingerprint density at radius 1 is 0.759 bits per heavy atom. The second kappa shape index (κ2) is 6.56. The van der Waals surface area contributed by atoms with E-state index in [1.54, 1.807) is 12.6 Å². The Morgan fingerprint density at radius 2 is 1.55 bits per heavy atom. The molecule has 29 heavy (non-hydrogen) atoms. The Labute approximate surface area is 170 Å². The predicted molar refractivity (Wildman–Crippen MR) is 119 cm³/mol. The fourth-order valence-corrected chi connectivity index (χ4v) is 3.94. The number of para-hydroxylation sites is 1. The molecule has 0 atom stereocenters. The van der Waals surface area contributed by atoms with Crippen LogP contribution in [0.1, 0.15) is 26.3 Å². The van der Waals surface area contributed by atoms with Crippen LogP contribution in [0.5, 0.6) is 0 Å². The van der Waals surface area contributed by atoms with Crippen molar-refractivity contribution in [3.63, 3.8) is 0 Å². The number of nitrogens with zero attached hydrogens (tertiary/aromatic N) is 2. The molecule has 3 aromatic carbocycles. The average molecular weight is 378 g/mol. The highest BCUT2D eigenvalue weighted by Crippen LogP contribution is 2.35. The van der Waals surface area contributed by atoms with E-state index in [1.807, 2.05) is 30.3 Å². The number of hydrogen-bond donors (Lipinski definition) is 0. The fourth-order valence-electron chi connectivity index (χ4n) is 3.94. The monoisotopic (exact) mass is 378 g/mol. The fraction of sp³-hybridized carbons (Fsp3) is 0.154. The highest BCUT2D eigenvalue weighted by atomic mass is 16.3. The number of aromatic nitrogens is 2. The van der Waals surface area contributed by atoms with E-state index in [-0.39, 0.29) is 5.41 Å². The molecule has 0 bridgehead atoms. The van der Waals surface area contributed by atoms with E-state index in [4.69, 9.17) is 4.42 Å². The second-order valence-corrected chi connectivity index (χ2v) is 8.43. The molecule has 0 spiro atoms. The normalized spacial score (nSPS) is 12.0. The maximum atomic E-state index is 5.71. The van der Waals surface area contributed by atoms with Gasteiger partial charge in [0.25, 0.3) is 0 Å². The summed E-state index contributed by atoms with van der Waals surface area (Å²) < 4.78 is 5.71. The van der Waals surface area contributed by atoms with E-state index in [0.717, 1.165) is 33.5 Å². The first-order chi connectivity index (χ1) is 14.0. The summed E-state index contributed by atoms with van der Waals surface area (Å²) in [6.45, 7) is 6.75. The minimum atomic E-state index is 0.0330. The van der Waals surface area contributed by atoms with Crippen molar-refractivity contribution in [2.45, 2.75) is 26.2 Å². The largest absolute Gasteiger partial charge is 0.464 e. The van der Waals surface area contributed by atoms with Crippen LogP contribution in [0.3, 0.4) is 0 Å². The van der Waals surface area contributed by atoms with Crippen LogP contribution in [0.15, 0.2) is 83.7 Å². The number of benzene rings is 3. The molecular weight excluding hydrogens is 356 g/mol. The van der Waals surface area contributed by atoms with E-state index in [9.17, 15) is 0 Å². The summed E-state index contributed by atoms with van der Waals surface area (Å²) in [4.78, 5) is 9.12. The van der Waals surface area contributed by atoms with Crippen LogP contribution in [0.4, 0.5) is 0 Å². The first-order valence-corrected chi connectivity index (χ1v) is 9.83. The van der Waals surface area contributed by atoms with Crippen molar-refractivity contribution in [3.8, 4) is 22.5 Å². The highest BCUT2D eigenvalue weighted by molar-refractivity contribution is 5.93. The van der Waals surface area contributed by atoms with Gasteiger partial charge in [0.05, 0.1) is 17.7 Å². The molecule has 2 heterocycles. The highest BCUT2D eigenvalue weighted by Gasteiger charge is 2.19. The lowest BCUT2D eigenvalue weighted by molar-refractivity contribution is 0.596. The summed E-state index contributed by atoms with van der Waals surface area (Å²) in [6.07, 6.45) is 3.35. The summed E-state index contributed by atoms with van der Waals surface area (Å²) in [7, 11) is 0. The zero-order valence-electron chi connectivity index (χ0n) is 16.8. The maximum Gasteiger partial charge on any atom is 0.143 e. The van der Waals surface area contributed by atoms with Crippen LogP contribution in [0.2, 0.25) is 0 Å². The lowest BCUT2D eigenvalue weighted by atomic mass is 9.82. The first-order valence-electron chi connectivity index (χ1n) is 9.83. The topological polar surface area (TPSA) is 38.9 Å². The molecule has 3 heteroatoms. The van der Waals surface area contributed by atoms with Crippen molar-refractivity contribution in [2.24, 2.45) is 0 Å². The molecule has 0 aliphatic heterocycles. The molecule has 0 saturated carbocycles. The third-order valence-electron chi connectivity index (χ3n) is 5.39. The Hall–Kier alpha value is -3.46. The lowest BCUT2D eigenvalue weighted by Crippen LogP contribution is -2.12. The van der Waals surface area contributed by atoms with Crippen molar-refractivity contribution in [3.05, 3.63) is 84.9 Å². The van der Waals surface area contributed by atoms with Crippen molar-refractivity contribution in [1.82, 2.24) is 9.97 Å². The molecular formula is C26H22N2O. The van der Waals surface area contributed by atoms with E-state index >= 15 is 0 Å². The van der Waals surface area contributed by atoms with Crippen LogP contribution in [0, 0.1) is 0 Å². The van der Waals surface area contributed by atoms with Crippen LogP contribution in [-0.2, 0) is 5.41 Å². The quantitative estimate of drug-likeness (QED) is 0.332. The number of furan rings is 1. The molecule has 5 aromatic rings. The van der Waals surface area contributed by atoms with E-state index in [2.05, 4.69) is 67.1 Å². The van der Waals surface area contributed by atoms with Crippen molar-refractivity contribution in [1.29, 1.82) is 0 Å². The number of hydrogen-bond acceptors (Lipinski definition) is 3. The molecule has 0 fully saturated rings. The second-order valence-electron chi connectivity index (χ2n) is 8.43. The zero-order chi connectivity index (χ0) is 20.0. The third kappa shape index (κ3) is 3.09. The summed E-state index contributed by atoms with van der Waals surface area (Å²) in [5, 5.41) is 3.59. The molecule has 142 valence electrons. The summed E-state index contributed by atoms with van der Waals surface area (Å²) in [6, 6.07) is 23.2. The average Bonchev–Trinajstić information content (AvgIpc) is 3.21. The maximum absolute atomic E-state index is 5.71. The molecule has 0 unspecified atom stereocenters. The van der Waals surface area contributed by atoms with Crippen LogP contribution < -0.4 is 0 Å². The number of fused-ring (bicyclic) bond motifs is 2. The van der Waals surface area contributed by atoms with Gasteiger partial charge in [-0.1, -0.05) is 57.2 Å². The SMILES string of the molecule is CC(C)(C)c1cc(-c2cc(-c3cccc4ccoc34)ncn2)cc2ccccc12. The van der Waals surface area contributed by atoms with E-state index in [1.165, 1.54) is 16.3 Å². The molecule has 0 aliphatic carbocycles. The molecule has 5 rings (SSSR count). The van der Waals surface area contributed by atoms with Crippen LogP contribution >= 0.6 is 0 Å². The van der Waals surface area contributed by atoms with Gasteiger partial charge in [-0.05, 0) is 52.1 Å². The Balaban J connectivity index is 1.70. The van der Waals surface area contributed by atoms with Gasteiger partial charge < -0.3 is 4.42 Å². The molecule has 0 radical (unpaired) electrons. The molecule has 0 amide bonds.